The molecule has 3 rings (SSSR count). The molecule has 4 nitrogen and oxygen atoms in total. The zero-order chi connectivity index (χ0) is 15.7. The average molecular weight is 411 g/mol. The van der Waals surface area contributed by atoms with E-state index in [1.807, 2.05) is 20.2 Å². The Bertz CT molecular complexity index is 705. The number of likely N-dealkylation sites (N-methyl/N-ethyl adjacent to an activating group) is 1. The van der Waals surface area contributed by atoms with Crippen LogP contribution in [-0.4, -0.2) is 40.8 Å². The van der Waals surface area contributed by atoms with E-state index in [4.69, 9.17) is 0 Å². The van der Waals surface area contributed by atoms with Crippen molar-refractivity contribution in [1.82, 2.24) is 13.0 Å². The van der Waals surface area contributed by atoms with Crippen molar-refractivity contribution in [3.05, 3.63) is 35.0 Å². The van der Waals surface area contributed by atoms with Gasteiger partial charge >= 0.3 is 0 Å². The van der Waals surface area contributed by atoms with Crippen LogP contribution in [0, 0.1) is 0 Å². The van der Waals surface area contributed by atoms with Gasteiger partial charge in [0.25, 0.3) is 5.91 Å². The lowest BCUT2D eigenvalue weighted by atomic mass is 9.95. The Morgan fingerprint density at radius 1 is 1.32 bits per heavy atom. The van der Waals surface area contributed by atoms with E-state index in [2.05, 4.69) is 48.0 Å². The Kier molecular flexibility index (Phi) is 4.73. The van der Waals surface area contributed by atoms with Gasteiger partial charge in [0.05, 0.1) is 28.4 Å². The number of benzene rings is 1. The molecule has 2 aromatic rings. The smallest absolute Gasteiger partial charge is 0.251 e. The number of rotatable bonds is 4. The topological polar surface area (TPSA) is 37.3 Å². The van der Waals surface area contributed by atoms with Crippen molar-refractivity contribution < 1.29 is 4.79 Å². The SMILES string of the molecule is CN(C)CCNC(=O)c1ccc2c(c1)c1c(n2I)CCCC1. The first-order valence-corrected chi connectivity index (χ1v) is 8.79. The summed E-state index contributed by atoms with van der Waals surface area (Å²) in [5.74, 6) is 0.0227. The molecule has 5 heteroatoms. The number of amides is 1. The van der Waals surface area contributed by atoms with Crippen LogP contribution in [0.3, 0.4) is 0 Å². The van der Waals surface area contributed by atoms with E-state index in [1.54, 1.807) is 0 Å². The van der Waals surface area contributed by atoms with E-state index in [0.717, 1.165) is 24.9 Å². The van der Waals surface area contributed by atoms with E-state index >= 15 is 0 Å². The second kappa shape index (κ2) is 6.58. The predicted molar refractivity (Wildman–Crippen MR) is 98.9 cm³/mol. The summed E-state index contributed by atoms with van der Waals surface area (Å²) in [6, 6.07) is 6.09. The van der Waals surface area contributed by atoms with Gasteiger partial charge in [-0.3, -0.25) is 7.58 Å². The summed E-state index contributed by atoms with van der Waals surface area (Å²) in [4.78, 5) is 14.4. The molecule has 0 unspecified atom stereocenters. The summed E-state index contributed by atoms with van der Waals surface area (Å²) in [5.41, 5.74) is 4.88. The number of halogens is 1. The first-order chi connectivity index (χ1) is 10.6. The van der Waals surface area contributed by atoms with Crippen LogP contribution in [0.5, 0.6) is 0 Å². The molecule has 1 aromatic heterocycles. The summed E-state index contributed by atoms with van der Waals surface area (Å²) in [5, 5.41) is 4.25. The van der Waals surface area contributed by atoms with Gasteiger partial charge in [0.2, 0.25) is 0 Å². The zero-order valence-corrected chi connectivity index (χ0v) is 15.3. The molecular formula is C17H22IN3O. The molecule has 1 N–H and O–H groups in total. The second-order valence-corrected chi connectivity index (χ2v) is 7.17. The Labute approximate surface area is 145 Å². The summed E-state index contributed by atoms with van der Waals surface area (Å²) >= 11 is 2.39. The molecule has 0 fully saturated rings. The molecule has 1 aliphatic rings. The summed E-state index contributed by atoms with van der Waals surface area (Å²) in [7, 11) is 4.02. The number of nitrogens with one attached hydrogen (secondary N) is 1. The van der Waals surface area contributed by atoms with E-state index in [9.17, 15) is 4.79 Å². The molecule has 1 heterocycles. The van der Waals surface area contributed by atoms with Gasteiger partial charge in [-0.2, -0.15) is 0 Å². The number of aromatic nitrogens is 1. The van der Waals surface area contributed by atoms with Crippen molar-refractivity contribution in [2.75, 3.05) is 27.2 Å². The monoisotopic (exact) mass is 411 g/mol. The van der Waals surface area contributed by atoms with Crippen LogP contribution in [0.4, 0.5) is 0 Å². The number of hydrogen-bond donors (Lipinski definition) is 1. The molecule has 0 atom stereocenters. The van der Waals surface area contributed by atoms with Gasteiger partial charge in [0, 0.05) is 29.7 Å². The number of hydrogen-bond acceptors (Lipinski definition) is 2. The van der Waals surface area contributed by atoms with Gasteiger partial charge in [-0.05, 0) is 63.5 Å². The molecule has 0 saturated heterocycles. The Hall–Kier alpha value is -1.08. The molecule has 1 aliphatic carbocycles. The molecule has 1 amide bonds. The molecule has 0 saturated carbocycles. The van der Waals surface area contributed by atoms with Crippen LogP contribution in [0.25, 0.3) is 10.9 Å². The number of aryl methyl sites for hydroxylation is 1. The lowest BCUT2D eigenvalue weighted by Crippen LogP contribution is -2.31. The highest BCUT2D eigenvalue weighted by Gasteiger charge is 2.20. The molecule has 1 aromatic carbocycles. The number of fused-ring (bicyclic) bond motifs is 3. The molecule has 118 valence electrons. The highest BCUT2D eigenvalue weighted by Crippen LogP contribution is 2.34. The van der Waals surface area contributed by atoms with Gasteiger partial charge in [0.15, 0.2) is 0 Å². The third kappa shape index (κ3) is 3.01. The number of carbonyl (C=O) groups excluding carboxylic acids is 1. The van der Waals surface area contributed by atoms with Crippen molar-refractivity contribution in [1.29, 1.82) is 0 Å². The van der Waals surface area contributed by atoms with Crippen molar-refractivity contribution in [2.24, 2.45) is 0 Å². The van der Waals surface area contributed by atoms with Crippen LogP contribution >= 0.6 is 22.9 Å². The number of carbonyl (C=O) groups is 1. The van der Waals surface area contributed by atoms with Crippen molar-refractivity contribution in [3.63, 3.8) is 0 Å². The second-order valence-electron chi connectivity index (χ2n) is 6.20. The third-order valence-electron chi connectivity index (χ3n) is 4.32. The van der Waals surface area contributed by atoms with Crippen LogP contribution in [0.1, 0.15) is 34.5 Å². The minimum atomic E-state index is 0.0227. The fraction of sp³-hybridized carbons (Fsp3) is 0.471. The maximum absolute atomic E-state index is 12.3. The van der Waals surface area contributed by atoms with Crippen LogP contribution in [0.15, 0.2) is 18.2 Å². The fourth-order valence-electron chi connectivity index (χ4n) is 3.13. The molecule has 0 radical (unpaired) electrons. The fourth-order valence-corrected chi connectivity index (χ4v) is 4.08. The molecular weight excluding hydrogens is 389 g/mol. The Balaban J connectivity index is 1.88. The van der Waals surface area contributed by atoms with Gasteiger partial charge in [-0.15, -0.1) is 0 Å². The normalized spacial score (nSPS) is 14.4. The first kappa shape index (κ1) is 15.8. The molecule has 0 bridgehead atoms. The largest absolute Gasteiger partial charge is 0.351 e. The van der Waals surface area contributed by atoms with E-state index in [-0.39, 0.29) is 5.91 Å². The molecule has 22 heavy (non-hydrogen) atoms. The lowest BCUT2D eigenvalue weighted by molar-refractivity contribution is 0.0951. The van der Waals surface area contributed by atoms with Gasteiger partial charge in [0.1, 0.15) is 0 Å². The van der Waals surface area contributed by atoms with Crippen LogP contribution in [-0.2, 0) is 12.8 Å². The number of nitrogens with zero attached hydrogens (tertiary/aromatic N) is 2. The van der Waals surface area contributed by atoms with Gasteiger partial charge < -0.3 is 10.2 Å². The Morgan fingerprint density at radius 2 is 2.09 bits per heavy atom. The summed E-state index contributed by atoms with van der Waals surface area (Å²) in [6.07, 6.45) is 4.80. The van der Waals surface area contributed by atoms with E-state index in [0.29, 0.717) is 6.54 Å². The standard InChI is InChI=1S/C17H22IN3O/c1-20(2)10-9-19-17(22)12-7-8-16-14(11-12)13-5-3-4-6-15(13)21(16)18/h7-8,11H,3-6,9-10H2,1-2H3,(H,19,22). The van der Waals surface area contributed by atoms with E-state index < -0.39 is 0 Å². The van der Waals surface area contributed by atoms with Crippen molar-refractivity contribution in [3.8, 4) is 0 Å². The predicted octanol–water partition coefficient (Wildman–Crippen LogP) is 3.01. The molecule has 0 aliphatic heterocycles. The first-order valence-electron chi connectivity index (χ1n) is 7.83. The summed E-state index contributed by atoms with van der Waals surface area (Å²) in [6.45, 7) is 1.53. The minimum Gasteiger partial charge on any atom is -0.351 e. The summed E-state index contributed by atoms with van der Waals surface area (Å²) < 4.78 is 2.27. The Morgan fingerprint density at radius 3 is 2.86 bits per heavy atom. The molecule has 0 spiro atoms. The maximum Gasteiger partial charge on any atom is 0.251 e. The van der Waals surface area contributed by atoms with Crippen LogP contribution < -0.4 is 5.32 Å². The maximum atomic E-state index is 12.3. The average Bonchev–Trinajstić information content (AvgIpc) is 2.80. The van der Waals surface area contributed by atoms with Crippen molar-refractivity contribution in [2.45, 2.75) is 25.7 Å². The zero-order valence-electron chi connectivity index (χ0n) is 13.2. The minimum absolute atomic E-state index is 0.0227. The van der Waals surface area contributed by atoms with Crippen molar-refractivity contribution >= 4 is 39.7 Å². The quantitative estimate of drug-likeness (QED) is 0.786. The van der Waals surface area contributed by atoms with E-state index in [1.165, 1.54) is 35.0 Å². The third-order valence-corrected chi connectivity index (χ3v) is 5.42. The van der Waals surface area contributed by atoms with Gasteiger partial charge in [-0.1, -0.05) is 0 Å². The van der Waals surface area contributed by atoms with Gasteiger partial charge in [-0.25, -0.2) is 0 Å². The lowest BCUT2D eigenvalue weighted by Gasteiger charge is -2.12. The highest BCUT2D eigenvalue weighted by molar-refractivity contribution is 14.1. The highest BCUT2D eigenvalue weighted by atomic mass is 127. The van der Waals surface area contributed by atoms with Crippen LogP contribution in [0.2, 0.25) is 0 Å².